The molecule has 0 aliphatic heterocycles. The Morgan fingerprint density at radius 3 is 2.45 bits per heavy atom. The number of carbonyl (C=O) groups excluding carboxylic acids is 2. The molecule has 1 aromatic heterocycles. The van der Waals surface area contributed by atoms with E-state index in [0.29, 0.717) is 5.69 Å². The molecule has 0 unspecified atom stereocenters. The summed E-state index contributed by atoms with van der Waals surface area (Å²) in [5.74, 6) is -0.910. The Kier molecular flexibility index (Phi) is 3.95. The van der Waals surface area contributed by atoms with E-state index in [0.717, 1.165) is 5.56 Å². The minimum atomic E-state index is -0.491. The lowest BCUT2D eigenvalue weighted by atomic mass is 10.1. The highest BCUT2D eigenvalue weighted by Crippen LogP contribution is 2.10. The monoisotopic (exact) mass is 271 g/mol. The van der Waals surface area contributed by atoms with E-state index in [1.54, 1.807) is 30.3 Å². The summed E-state index contributed by atoms with van der Waals surface area (Å²) in [6, 6.07) is 9.69. The molecule has 0 radical (unpaired) electrons. The number of nitrogens with two attached hydrogens (primary N) is 1. The van der Waals surface area contributed by atoms with E-state index in [1.165, 1.54) is 12.3 Å². The summed E-state index contributed by atoms with van der Waals surface area (Å²) in [6.07, 6.45) is 1.60. The van der Waals surface area contributed by atoms with Gasteiger partial charge in [-0.3, -0.25) is 14.4 Å². The van der Waals surface area contributed by atoms with E-state index in [-0.39, 0.29) is 12.0 Å². The van der Waals surface area contributed by atoms with Crippen molar-refractivity contribution < 1.29 is 9.59 Å². The maximum atomic E-state index is 11.9. The van der Waals surface area contributed by atoms with Crippen LogP contribution >= 0.6 is 0 Å². The van der Waals surface area contributed by atoms with Gasteiger partial charge >= 0.3 is 0 Å². The first-order valence-electron chi connectivity index (χ1n) is 5.92. The third kappa shape index (κ3) is 3.32. The van der Waals surface area contributed by atoms with Crippen LogP contribution in [0.1, 0.15) is 15.9 Å². The van der Waals surface area contributed by atoms with Gasteiger partial charge in [0, 0.05) is 11.9 Å². The molecule has 1 aromatic carbocycles. The SMILES string of the molecule is NC(=O)Cc1ccc(NC(=O)c2ccc[nH]c2=O)cc1. The van der Waals surface area contributed by atoms with Crippen LogP contribution in [0.15, 0.2) is 47.4 Å². The van der Waals surface area contributed by atoms with E-state index in [4.69, 9.17) is 5.73 Å². The van der Waals surface area contributed by atoms with Crippen molar-refractivity contribution in [2.24, 2.45) is 5.73 Å². The molecule has 6 heteroatoms. The molecule has 4 N–H and O–H groups in total. The second-order valence-electron chi connectivity index (χ2n) is 4.21. The molecule has 2 rings (SSSR count). The minimum Gasteiger partial charge on any atom is -0.369 e. The molecule has 0 saturated carbocycles. The average molecular weight is 271 g/mol. The van der Waals surface area contributed by atoms with Gasteiger partial charge in [-0.25, -0.2) is 0 Å². The largest absolute Gasteiger partial charge is 0.369 e. The summed E-state index contributed by atoms with van der Waals surface area (Å²) in [7, 11) is 0. The number of pyridine rings is 1. The fraction of sp³-hybridized carbons (Fsp3) is 0.0714. The Labute approximate surface area is 114 Å². The van der Waals surface area contributed by atoms with Crippen LogP contribution in [0.4, 0.5) is 5.69 Å². The Bertz CT molecular complexity index is 689. The summed E-state index contributed by atoms with van der Waals surface area (Å²) < 4.78 is 0. The summed E-state index contributed by atoms with van der Waals surface area (Å²) in [6.45, 7) is 0. The Morgan fingerprint density at radius 1 is 1.15 bits per heavy atom. The lowest BCUT2D eigenvalue weighted by Crippen LogP contribution is -2.22. The molecule has 0 fully saturated rings. The zero-order valence-electron chi connectivity index (χ0n) is 10.6. The molecule has 0 saturated heterocycles. The highest BCUT2D eigenvalue weighted by Gasteiger charge is 2.09. The molecule has 0 aliphatic rings. The molecule has 1 heterocycles. The number of anilines is 1. The summed E-state index contributed by atoms with van der Waals surface area (Å²) in [5, 5.41) is 2.60. The molecule has 2 aromatic rings. The summed E-state index contributed by atoms with van der Waals surface area (Å²) in [4.78, 5) is 36.5. The van der Waals surface area contributed by atoms with Gasteiger partial charge in [-0.2, -0.15) is 0 Å². The van der Waals surface area contributed by atoms with Crippen LogP contribution in [0.3, 0.4) is 0 Å². The summed E-state index contributed by atoms with van der Waals surface area (Å²) in [5.41, 5.74) is 5.97. The van der Waals surface area contributed by atoms with Crippen molar-refractivity contribution in [3.8, 4) is 0 Å². The molecule has 2 amide bonds. The Balaban J connectivity index is 2.11. The van der Waals surface area contributed by atoms with Crippen LogP contribution in [0, 0.1) is 0 Å². The van der Waals surface area contributed by atoms with Crippen LogP contribution in [0.25, 0.3) is 0 Å². The van der Waals surface area contributed by atoms with Gasteiger partial charge in [0.25, 0.3) is 11.5 Å². The Morgan fingerprint density at radius 2 is 1.85 bits per heavy atom. The van der Waals surface area contributed by atoms with Crippen LogP contribution in [0.2, 0.25) is 0 Å². The number of amides is 2. The van der Waals surface area contributed by atoms with Gasteiger partial charge in [0.15, 0.2) is 0 Å². The van der Waals surface area contributed by atoms with E-state index in [9.17, 15) is 14.4 Å². The summed E-state index contributed by atoms with van der Waals surface area (Å²) >= 11 is 0. The normalized spacial score (nSPS) is 10.0. The molecule has 0 atom stereocenters. The van der Waals surface area contributed by atoms with Gasteiger partial charge in [-0.15, -0.1) is 0 Å². The van der Waals surface area contributed by atoms with Crippen molar-refractivity contribution in [3.63, 3.8) is 0 Å². The second kappa shape index (κ2) is 5.83. The maximum absolute atomic E-state index is 11.9. The van der Waals surface area contributed by atoms with Gasteiger partial charge in [0.1, 0.15) is 5.56 Å². The van der Waals surface area contributed by atoms with Gasteiger partial charge < -0.3 is 16.0 Å². The number of rotatable bonds is 4. The third-order valence-electron chi connectivity index (χ3n) is 2.65. The van der Waals surface area contributed by atoms with Crippen LogP contribution < -0.4 is 16.6 Å². The van der Waals surface area contributed by atoms with Crippen molar-refractivity contribution in [2.75, 3.05) is 5.32 Å². The van der Waals surface area contributed by atoms with Crippen molar-refractivity contribution >= 4 is 17.5 Å². The van der Waals surface area contributed by atoms with Gasteiger partial charge in [0.05, 0.1) is 6.42 Å². The van der Waals surface area contributed by atoms with Crippen LogP contribution in [-0.2, 0) is 11.2 Å². The van der Waals surface area contributed by atoms with Gasteiger partial charge in [0.2, 0.25) is 5.91 Å². The van der Waals surface area contributed by atoms with Crippen molar-refractivity contribution in [1.29, 1.82) is 0 Å². The van der Waals surface area contributed by atoms with Gasteiger partial charge in [-0.05, 0) is 29.8 Å². The minimum absolute atomic E-state index is 0.0358. The number of aromatic nitrogens is 1. The van der Waals surface area contributed by atoms with E-state index >= 15 is 0 Å². The molecular weight excluding hydrogens is 258 g/mol. The molecule has 6 nitrogen and oxygen atoms in total. The number of primary amides is 1. The van der Waals surface area contributed by atoms with Crippen molar-refractivity contribution in [2.45, 2.75) is 6.42 Å². The quantitative estimate of drug-likeness (QED) is 0.760. The van der Waals surface area contributed by atoms with Crippen molar-refractivity contribution in [3.05, 3.63) is 64.1 Å². The smallest absolute Gasteiger partial charge is 0.261 e. The van der Waals surface area contributed by atoms with Crippen LogP contribution in [0.5, 0.6) is 0 Å². The van der Waals surface area contributed by atoms with Crippen molar-refractivity contribution in [1.82, 2.24) is 4.98 Å². The first-order valence-corrected chi connectivity index (χ1v) is 5.92. The molecular formula is C14H13N3O3. The zero-order chi connectivity index (χ0) is 14.5. The highest BCUT2D eigenvalue weighted by atomic mass is 16.2. The average Bonchev–Trinajstić information content (AvgIpc) is 2.41. The lowest BCUT2D eigenvalue weighted by Gasteiger charge is -2.05. The van der Waals surface area contributed by atoms with E-state index in [1.807, 2.05) is 0 Å². The molecule has 102 valence electrons. The first-order chi connectivity index (χ1) is 9.56. The predicted octanol–water partition coefficient (Wildman–Crippen LogP) is 0.655. The number of hydrogen-bond donors (Lipinski definition) is 3. The fourth-order valence-corrected chi connectivity index (χ4v) is 1.71. The van der Waals surface area contributed by atoms with E-state index in [2.05, 4.69) is 10.3 Å². The fourth-order valence-electron chi connectivity index (χ4n) is 1.71. The Hall–Kier alpha value is -2.89. The molecule has 20 heavy (non-hydrogen) atoms. The first kappa shape index (κ1) is 13.5. The molecule has 0 aliphatic carbocycles. The lowest BCUT2D eigenvalue weighted by molar-refractivity contribution is -0.117. The number of nitrogens with one attached hydrogen (secondary N) is 2. The topological polar surface area (TPSA) is 105 Å². The van der Waals surface area contributed by atoms with E-state index < -0.39 is 17.4 Å². The third-order valence-corrected chi connectivity index (χ3v) is 2.65. The number of benzene rings is 1. The van der Waals surface area contributed by atoms with Crippen LogP contribution in [-0.4, -0.2) is 16.8 Å². The number of H-pyrrole nitrogens is 1. The molecule has 0 bridgehead atoms. The number of aromatic amines is 1. The molecule has 0 spiro atoms. The standard InChI is InChI=1S/C14H13N3O3/c15-12(18)8-9-3-5-10(6-4-9)17-14(20)11-2-1-7-16-13(11)19/h1-7H,8H2,(H2,15,18)(H,16,19)(H,17,20). The number of carbonyl (C=O) groups is 2. The highest BCUT2D eigenvalue weighted by molar-refractivity contribution is 6.03. The zero-order valence-corrected chi connectivity index (χ0v) is 10.6. The maximum Gasteiger partial charge on any atom is 0.261 e. The second-order valence-corrected chi connectivity index (χ2v) is 4.21. The predicted molar refractivity (Wildman–Crippen MR) is 74.4 cm³/mol. The van der Waals surface area contributed by atoms with Gasteiger partial charge in [-0.1, -0.05) is 12.1 Å². The number of hydrogen-bond acceptors (Lipinski definition) is 3.